The molecular formula is C13H18N2O. The van der Waals surface area contributed by atoms with Crippen molar-refractivity contribution in [2.45, 2.75) is 20.0 Å². The predicted octanol–water partition coefficient (Wildman–Crippen LogP) is 2.39. The fourth-order valence-corrected chi connectivity index (χ4v) is 2.16. The lowest BCUT2D eigenvalue weighted by Crippen LogP contribution is -2.04. The molecule has 2 rings (SSSR count). The summed E-state index contributed by atoms with van der Waals surface area (Å²) < 4.78 is 7.69. The monoisotopic (exact) mass is 218 g/mol. The molecule has 2 aromatic rings. The Labute approximate surface area is 96.0 Å². The molecule has 3 nitrogen and oxygen atoms in total. The lowest BCUT2D eigenvalue weighted by atomic mass is 10.1. The van der Waals surface area contributed by atoms with Crippen molar-refractivity contribution in [1.82, 2.24) is 9.88 Å². The maximum atomic E-state index is 5.43. The van der Waals surface area contributed by atoms with Crippen LogP contribution in [0.5, 0.6) is 5.75 Å². The summed E-state index contributed by atoms with van der Waals surface area (Å²) >= 11 is 0. The molecule has 1 aromatic heterocycles. The third-order valence-corrected chi connectivity index (χ3v) is 2.87. The van der Waals surface area contributed by atoms with E-state index in [9.17, 15) is 0 Å². The van der Waals surface area contributed by atoms with Crippen molar-refractivity contribution in [2.24, 2.45) is 0 Å². The Morgan fingerprint density at radius 2 is 2.19 bits per heavy atom. The van der Waals surface area contributed by atoms with E-state index in [1.165, 1.54) is 16.5 Å². The molecule has 0 aliphatic carbocycles. The van der Waals surface area contributed by atoms with Crippen LogP contribution in [0.3, 0.4) is 0 Å². The summed E-state index contributed by atoms with van der Waals surface area (Å²) in [6, 6.07) is 6.19. The number of aromatic nitrogens is 1. The Morgan fingerprint density at radius 3 is 2.81 bits per heavy atom. The van der Waals surface area contributed by atoms with Crippen LogP contribution >= 0.6 is 0 Å². The number of hydrogen-bond donors (Lipinski definition) is 1. The molecule has 0 radical (unpaired) electrons. The second kappa shape index (κ2) is 4.58. The molecule has 1 N–H and O–H groups in total. The van der Waals surface area contributed by atoms with Gasteiger partial charge in [-0.05, 0) is 31.7 Å². The van der Waals surface area contributed by atoms with Gasteiger partial charge in [0.15, 0.2) is 0 Å². The highest BCUT2D eigenvalue weighted by Gasteiger charge is 2.11. The molecule has 0 saturated heterocycles. The standard InChI is InChI=1S/C13H18N2O/c1-4-15-9-10(8-14-2)13-11(15)6-5-7-12(13)16-3/h5-7,9,14H,4,8H2,1-3H3. The SMILES string of the molecule is CCn1cc(CNC)c2c(OC)cccc21. The maximum Gasteiger partial charge on any atom is 0.128 e. The van der Waals surface area contributed by atoms with Gasteiger partial charge in [-0.1, -0.05) is 6.07 Å². The highest BCUT2D eigenvalue weighted by atomic mass is 16.5. The van der Waals surface area contributed by atoms with Gasteiger partial charge in [0.2, 0.25) is 0 Å². The molecule has 0 fully saturated rings. The van der Waals surface area contributed by atoms with Gasteiger partial charge in [-0.25, -0.2) is 0 Å². The van der Waals surface area contributed by atoms with E-state index < -0.39 is 0 Å². The first-order valence-corrected chi connectivity index (χ1v) is 5.61. The van der Waals surface area contributed by atoms with Crippen molar-refractivity contribution >= 4 is 10.9 Å². The molecule has 1 heterocycles. The third-order valence-electron chi connectivity index (χ3n) is 2.87. The molecule has 0 unspecified atom stereocenters. The minimum Gasteiger partial charge on any atom is -0.496 e. The smallest absolute Gasteiger partial charge is 0.128 e. The largest absolute Gasteiger partial charge is 0.496 e. The molecule has 0 spiro atoms. The van der Waals surface area contributed by atoms with Gasteiger partial charge in [-0.15, -0.1) is 0 Å². The van der Waals surface area contributed by atoms with Crippen LogP contribution in [0.2, 0.25) is 0 Å². The first-order valence-electron chi connectivity index (χ1n) is 5.61. The van der Waals surface area contributed by atoms with Crippen molar-refractivity contribution in [2.75, 3.05) is 14.2 Å². The number of benzene rings is 1. The van der Waals surface area contributed by atoms with Crippen LogP contribution in [-0.4, -0.2) is 18.7 Å². The van der Waals surface area contributed by atoms with Crippen LogP contribution in [0.15, 0.2) is 24.4 Å². The minimum absolute atomic E-state index is 0.865. The Morgan fingerprint density at radius 1 is 1.38 bits per heavy atom. The van der Waals surface area contributed by atoms with Gasteiger partial charge in [0, 0.05) is 24.7 Å². The van der Waals surface area contributed by atoms with Crippen molar-refractivity contribution in [3.05, 3.63) is 30.0 Å². The van der Waals surface area contributed by atoms with Crippen LogP contribution in [0.4, 0.5) is 0 Å². The first kappa shape index (κ1) is 11.0. The molecule has 0 bridgehead atoms. The van der Waals surface area contributed by atoms with Crippen molar-refractivity contribution in [3.8, 4) is 5.75 Å². The third kappa shape index (κ3) is 1.67. The van der Waals surface area contributed by atoms with Crippen molar-refractivity contribution in [3.63, 3.8) is 0 Å². The van der Waals surface area contributed by atoms with Gasteiger partial charge >= 0.3 is 0 Å². The molecule has 0 aliphatic heterocycles. The molecule has 0 aliphatic rings. The number of nitrogens with zero attached hydrogens (tertiary/aromatic N) is 1. The quantitative estimate of drug-likeness (QED) is 0.852. The van der Waals surface area contributed by atoms with E-state index >= 15 is 0 Å². The first-order chi connectivity index (χ1) is 7.81. The normalized spacial score (nSPS) is 10.9. The maximum absolute atomic E-state index is 5.43. The average molecular weight is 218 g/mol. The zero-order valence-corrected chi connectivity index (χ0v) is 10.1. The molecule has 0 amide bonds. The molecule has 0 saturated carbocycles. The fourth-order valence-electron chi connectivity index (χ4n) is 2.16. The Bertz CT molecular complexity index is 488. The molecule has 16 heavy (non-hydrogen) atoms. The predicted molar refractivity (Wildman–Crippen MR) is 66.9 cm³/mol. The average Bonchev–Trinajstić information content (AvgIpc) is 2.68. The number of ether oxygens (including phenoxy) is 1. The van der Waals surface area contributed by atoms with Crippen LogP contribution in [0.1, 0.15) is 12.5 Å². The summed E-state index contributed by atoms with van der Waals surface area (Å²) in [5.74, 6) is 0.954. The summed E-state index contributed by atoms with van der Waals surface area (Å²) in [6.45, 7) is 4.00. The lowest BCUT2D eigenvalue weighted by molar-refractivity contribution is 0.419. The molecule has 3 heteroatoms. The Kier molecular flexibility index (Phi) is 3.15. The Balaban J connectivity index is 2.69. The summed E-state index contributed by atoms with van der Waals surface area (Å²) in [5, 5.41) is 4.42. The van der Waals surface area contributed by atoms with E-state index in [2.05, 4.69) is 29.1 Å². The van der Waals surface area contributed by atoms with Gasteiger partial charge in [0.1, 0.15) is 5.75 Å². The van der Waals surface area contributed by atoms with Gasteiger partial charge < -0.3 is 14.6 Å². The summed E-state index contributed by atoms with van der Waals surface area (Å²) in [4.78, 5) is 0. The zero-order valence-electron chi connectivity index (χ0n) is 10.1. The number of aryl methyl sites for hydroxylation is 1. The van der Waals surface area contributed by atoms with E-state index in [1.807, 2.05) is 19.2 Å². The van der Waals surface area contributed by atoms with Crippen molar-refractivity contribution < 1.29 is 4.74 Å². The number of hydrogen-bond acceptors (Lipinski definition) is 2. The van der Waals surface area contributed by atoms with E-state index in [0.717, 1.165) is 18.8 Å². The summed E-state index contributed by atoms with van der Waals surface area (Å²) in [5.41, 5.74) is 2.53. The Hall–Kier alpha value is -1.48. The summed E-state index contributed by atoms with van der Waals surface area (Å²) in [7, 11) is 3.69. The summed E-state index contributed by atoms with van der Waals surface area (Å²) in [6.07, 6.45) is 2.20. The van der Waals surface area contributed by atoms with E-state index in [1.54, 1.807) is 7.11 Å². The van der Waals surface area contributed by atoms with E-state index in [4.69, 9.17) is 4.74 Å². The fraction of sp³-hybridized carbons (Fsp3) is 0.385. The second-order valence-electron chi connectivity index (χ2n) is 3.83. The van der Waals surface area contributed by atoms with Crippen molar-refractivity contribution in [1.29, 1.82) is 0 Å². The van der Waals surface area contributed by atoms with Crippen LogP contribution in [0, 0.1) is 0 Å². The minimum atomic E-state index is 0.865. The van der Waals surface area contributed by atoms with Crippen LogP contribution in [0.25, 0.3) is 10.9 Å². The zero-order chi connectivity index (χ0) is 11.5. The lowest BCUT2D eigenvalue weighted by Gasteiger charge is -2.05. The van der Waals surface area contributed by atoms with Gasteiger partial charge in [0.25, 0.3) is 0 Å². The molecular weight excluding hydrogens is 200 g/mol. The van der Waals surface area contributed by atoms with E-state index in [-0.39, 0.29) is 0 Å². The molecule has 1 aromatic carbocycles. The van der Waals surface area contributed by atoms with Crippen LogP contribution < -0.4 is 10.1 Å². The van der Waals surface area contributed by atoms with Gasteiger partial charge in [-0.2, -0.15) is 0 Å². The van der Waals surface area contributed by atoms with Gasteiger partial charge in [-0.3, -0.25) is 0 Å². The number of fused-ring (bicyclic) bond motifs is 1. The highest BCUT2D eigenvalue weighted by molar-refractivity contribution is 5.90. The second-order valence-corrected chi connectivity index (χ2v) is 3.83. The highest BCUT2D eigenvalue weighted by Crippen LogP contribution is 2.30. The number of nitrogens with one attached hydrogen (secondary N) is 1. The van der Waals surface area contributed by atoms with E-state index in [0.29, 0.717) is 0 Å². The number of methoxy groups -OCH3 is 1. The topological polar surface area (TPSA) is 26.2 Å². The molecule has 86 valence electrons. The van der Waals surface area contributed by atoms with Crippen LogP contribution in [-0.2, 0) is 13.1 Å². The number of rotatable bonds is 4. The molecule has 0 atom stereocenters. The van der Waals surface area contributed by atoms with Gasteiger partial charge in [0.05, 0.1) is 12.6 Å².